The molecule has 0 saturated carbocycles. The molecule has 0 radical (unpaired) electrons. The topological polar surface area (TPSA) is 109 Å². The van der Waals surface area contributed by atoms with Crippen LogP contribution < -0.4 is 0 Å². The molecule has 1 aromatic carbocycles. The summed E-state index contributed by atoms with van der Waals surface area (Å²) in [7, 11) is -6.71. The van der Waals surface area contributed by atoms with Gasteiger partial charge in [0.25, 0.3) is 5.91 Å². The summed E-state index contributed by atoms with van der Waals surface area (Å²) in [5.41, 5.74) is 0.636. The summed E-state index contributed by atoms with van der Waals surface area (Å²) in [6.07, 6.45) is 2.83. The maximum absolute atomic E-state index is 12.8. The molecule has 0 bridgehead atoms. The Morgan fingerprint density at radius 2 is 1.52 bits per heavy atom. The summed E-state index contributed by atoms with van der Waals surface area (Å²) in [6.45, 7) is 0.750. The first kappa shape index (κ1) is 21.5. The number of hydrogen-bond donors (Lipinski definition) is 0. The number of carbonyl (C=O) groups excluding carboxylic acids is 2. The van der Waals surface area contributed by atoms with Crippen molar-refractivity contribution < 1.29 is 26.4 Å². The second-order valence-electron chi connectivity index (χ2n) is 6.78. The Labute approximate surface area is 173 Å². The molecular formula is C18H20N2O6S3. The first-order valence-corrected chi connectivity index (χ1v) is 13.3. The Bertz CT molecular complexity index is 1150. The number of carbonyl (C=O) groups is 2. The van der Waals surface area contributed by atoms with Gasteiger partial charge in [-0.05, 0) is 36.2 Å². The van der Waals surface area contributed by atoms with Crippen molar-refractivity contribution in [1.29, 1.82) is 0 Å². The molecule has 0 atom stereocenters. The lowest BCUT2D eigenvalue weighted by molar-refractivity contribution is -0.139. The Morgan fingerprint density at radius 3 is 2.07 bits per heavy atom. The van der Waals surface area contributed by atoms with Gasteiger partial charge in [-0.15, -0.1) is 11.3 Å². The van der Waals surface area contributed by atoms with Gasteiger partial charge in [0, 0.05) is 25.6 Å². The Morgan fingerprint density at radius 1 is 0.897 bits per heavy atom. The first-order chi connectivity index (χ1) is 13.5. The molecule has 1 aliphatic heterocycles. The average Bonchev–Trinajstić information content (AvgIpc) is 3.30. The fourth-order valence-corrected chi connectivity index (χ4v) is 5.47. The number of thiophene rings is 1. The van der Waals surface area contributed by atoms with Crippen LogP contribution in [-0.2, 0) is 30.9 Å². The highest BCUT2D eigenvalue weighted by Crippen LogP contribution is 2.25. The summed E-state index contributed by atoms with van der Waals surface area (Å²) in [5, 5.41) is 2.71. The van der Waals surface area contributed by atoms with E-state index in [9.17, 15) is 26.4 Å². The minimum Gasteiger partial charge on any atom is -0.273 e. The first-order valence-electron chi connectivity index (χ1n) is 8.68. The maximum Gasteiger partial charge on any atom is 0.282 e. The molecule has 2 heterocycles. The number of hydrazine groups is 1. The van der Waals surface area contributed by atoms with Crippen LogP contribution in [0.25, 0.3) is 0 Å². The van der Waals surface area contributed by atoms with Gasteiger partial charge in [0.1, 0.15) is 4.21 Å². The van der Waals surface area contributed by atoms with Crippen molar-refractivity contribution in [2.45, 2.75) is 21.9 Å². The van der Waals surface area contributed by atoms with Gasteiger partial charge in [-0.2, -0.15) is 0 Å². The van der Waals surface area contributed by atoms with Crippen LogP contribution in [0.3, 0.4) is 0 Å². The number of rotatable bonds is 5. The number of sulfone groups is 2. The monoisotopic (exact) mass is 456 g/mol. The second kappa shape index (κ2) is 7.88. The molecule has 1 fully saturated rings. The van der Waals surface area contributed by atoms with Crippen LogP contribution in [0.1, 0.15) is 21.7 Å². The maximum atomic E-state index is 12.8. The Kier molecular flexibility index (Phi) is 5.84. The minimum absolute atomic E-state index is 0.0207. The Hall–Kier alpha value is -2.24. The molecule has 156 valence electrons. The summed E-state index contributed by atoms with van der Waals surface area (Å²) in [4.78, 5) is 25.9. The molecule has 1 aromatic heterocycles. The SMILES string of the molecule is CS(=O)(=O)c1ccc(CC(=O)N2CCCN2C(=O)c2ccc(S(C)(=O)=O)s2)cc1. The van der Waals surface area contributed by atoms with E-state index in [2.05, 4.69) is 0 Å². The van der Waals surface area contributed by atoms with E-state index in [1.807, 2.05) is 0 Å². The summed E-state index contributed by atoms with van der Waals surface area (Å²) < 4.78 is 46.4. The van der Waals surface area contributed by atoms with Gasteiger partial charge >= 0.3 is 0 Å². The molecule has 0 spiro atoms. The number of nitrogens with zero attached hydrogens (tertiary/aromatic N) is 2. The normalized spacial score (nSPS) is 15.0. The van der Waals surface area contributed by atoms with Gasteiger partial charge in [-0.25, -0.2) is 21.8 Å². The van der Waals surface area contributed by atoms with Crippen molar-refractivity contribution >= 4 is 42.8 Å². The molecule has 3 rings (SSSR count). The van der Waals surface area contributed by atoms with Gasteiger partial charge < -0.3 is 0 Å². The molecule has 2 aromatic rings. The van der Waals surface area contributed by atoms with Crippen LogP contribution in [0.2, 0.25) is 0 Å². The lowest BCUT2D eigenvalue weighted by atomic mass is 10.1. The summed E-state index contributed by atoms with van der Waals surface area (Å²) in [6, 6.07) is 8.89. The van der Waals surface area contributed by atoms with Crippen LogP contribution in [0.15, 0.2) is 45.5 Å². The fourth-order valence-electron chi connectivity index (χ4n) is 2.96. The molecular weight excluding hydrogens is 436 g/mol. The fraction of sp³-hybridized carbons (Fsp3) is 0.333. The van der Waals surface area contributed by atoms with E-state index in [0.29, 0.717) is 25.1 Å². The van der Waals surface area contributed by atoms with Crippen molar-refractivity contribution in [2.24, 2.45) is 0 Å². The van der Waals surface area contributed by atoms with Crippen LogP contribution in [0, 0.1) is 0 Å². The number of amides is 2. The number of hydrogen-bond acceptors (Lipinski definition) is 7. The van der Waals surface area contributed by atoms with Gasteiger partial charge in [0.05, 0.1) is 16.2 Å². The van der Waals surface area contributed by atoms with E-state index in [-0.39, 0.29) is 26.3 Å². The van der Waals surface area contributed by atoms with E-state index in [1.165, 1.54) is 34.3 Å². The molecule has 1 saturated heterocycles. The largest absolute Gasteiger partial charge is 0.282 e. The summed E-state index contributed by atoms with van der Waals surface area (Å²) >= 11 is 0.882. The highest BCUT2D eigenvalue weighted by atomic mass is 32.2. The zero-order valence-electron chi connectivity index (χ0n) is 15.9. The molecule has 29 heavy (non-hydrogen) atoms. The third-order valence-corrected chi connectivity index (χ3v) is 8.44. The third kappa shape index (κ3) is 4.85. The lowest BCUT2D eigenvalue weighted by Crippen LogP contribution is -2.45. The van der Waals surface area contributed by atoms with Crippen molar-refractivity contribution in [1.82, 2.24) is 10.0 Å². The predicted molar refractivity (Wildman–Crippen MR) is 108 cm³/mol. The number of benzene rings is 1. The zero-order chi connectivity index (χ0) is 21.4. The quantitative estimate of drug-likeness (QED) is 0.673. The standard InChI is InChI=1S/C18H20N2O6S3/c1-28(23,24)14-6-4-13(5-7-14)12-16(21)19-10-3-11-20(19)18(22)15-8-9-17(27-15)29(2,25)26/h4-9H,3,10-12H2,1-2H3. The molecule has 8 nitrogen and oxygen atoms in total. The van der Waals surface area contributed by atoms with E-state index in [0.717, 1.165) is 23.8 Å². The van der Waals surface area contributed by atoms with E-state index < -0.39 is 25.6 Å². The lowest BCUT2D eigenvalue weighted by Gasteiger charge is -2.27. The van der Waals surface area contributed by atoms with Crippen molar-refractivity contribution in [3.63, 3.8) is 0 Å². The predicted octanol–water partition coefficient (Wildman–Crippen LogP) is 1.39. The molecule has 2 amide bonds. The van der Waals surface area contributed by atoms with Crippen LogP contribution in [-0.4, -0.2) is 64.3 Å². The Balaban J connectivity index is 1.73. The molecule has 0 unspecified atom stereocenters. The average molecular weight is 457 g/mol. The van der Waals surface area contributed by atoms with E-state index >= 15 is 0 Å². The van der Waals surface area contributed by atoms with E-state index in [4.69, 9.17) is 0 Å². The molecule has 0 aliphatic carbocycles. The van der Waals surface area contributed by atoms with Gasteiger partial charge in [-0.1, -0.05) is 12.1 Å². The third-order valence-electron chi connectivity index (χ3n) is 4.42. The molecule has 0 N–H and O–H groups in total. The van der Waals surface area contributed by atoms with Gasteiger partial charge in [0.2, 0.25) is 5.91 Å². The molecule has 1 aliphatic rings. The highest BCUT2D eigenvalue weighted by molar-refractivity contribution is 7.92. The zero-order valence-corrected chi connectivity index (χ0v) is 18.3. The van der Waals surface area contributed by atoms with Crippen LogP contribution in [0.5, 0.6) is 0 Å². The van der Waals surface area contributed by atoms with Crippen LogP contribution >= 0.6 is 11.3 Å². The van der Waals surface area contributed by atoms with Gasteiger partial charge in [0.15, 0.2) is 19.7 Å². The minimum atomic E-state index is -3.40. The van der Waals surface area contributed by atoms with Crippen LogP contribution in [0.4, 0.5) is 0 Å². The van der Waals surface area contributed by atoms with E-state index in [1.54, 1.807) is 12.1 Å². The van der Waals surface area contributed by atoms with Crippen molar-refractivity contribution in [2.75, 3.05) is 25.6 Å². The highest BCUT2D eigenvalue weighted by Gasteiger charge is 2.32. The van der Waals surface area contributed by atoms with Gasteiger partial charge in [-0.3, -0.25) is 14.6 Å². The van der Waals surface area contributed by atoms with Crippen molar-refractivity contribution in [3.8, 4) is 0 Å². The van der Waals surface area contributed by atoms with Crippen molar-refractivity contribution in [3.05, 3.63) is 46.8 Å². The molecule has 11 heteroatoms. The summed E-state index contributed by atoms with van der Waals surface area (Å²) in [5.74, 6) is -0.703. The second-order valence-corrected chi connectivity index (χ2v) is 12.1. The smallest absolute Gasteiger partial charge is 0.273 e.